The number of halogens is 3. The molecule has 120 valence electrons. The van der Waals surface area contributed by atoms with Crippen LogP contribution in [-0.4, -0.2) is 37.0 Å². The van der Waals surface area contributed by atoms with Crippen LogP contribution < -0.4 is 0 Å². The molecule has 8 heteroatoms. The fraction of sp³-hybridized carbons (Fsp3) is 0.571. The minimum absolute atomic E-state index is 0.199. The van der Waals surface area contributed by atoms with Gasteiger partial charge in [0.1, 0.15) is 12.4 Å². The second kappa shape index (κ2) is 5.75. The van der Waals surface area contributed by atoms with Gasteiger partial charge < -0.3 is 4.57 Å². The number of hydrogen-bond acceptors (Lipinski definition) is 3. The first-order valence-corrected chi connectivity index (χ1v) is 7.22. The molecule has 5 nitrogen and oxygen atoms in total. The van der Waals surface area contributed by atoms with E-state index in [1.165, 1.54) is 17.0 Å². The van der Waals surface area contributed by atoms with Gasteiger partial charge in [-0.1, -0.05) is 0 Å². The van der Waals surface area contributed by atoms with Crippen molar-refractivity contribution in [3.05, 3.63) is 36.2 Å². The Labute approximate surface area is 126 Å². The molecule has 1 saturated heterocycles. The summed E-state index contributed by atoms with van der Waals surface area (Å²) in [5.41, 5.74) is 1.11. The lowest BCUT2D eigenvalue weighted by atomic mass is 10.1. The zero-order valence-electron chi connectivity index (χ0n) is 12.3. The lowest BCUT2D eigenvalue weighted by molar-refractivity contribution is -0.141. The standard InChI is InChI=1S/C14H18F3N5/c1-20-8-11(7-19-20)12-3-2-5-21(12)9-13-18-4-6-22(13)10-14(15,16)17/h4,6-8,12H,2-3,5,9-10H2,1H3/t12-/m0/s1. The maximum absolute atomic E-state index is 12.6. The monoisotopic (exact) mass is 313 g/mol. The van der Waals surface area contributed by atoms with Crippen molar-refractivity contribution in [2.45, 2.75) is 38.1 Å². The first-order valence-electron chi connectivity index (χ1n) is 7.22. The van der Waals surface area contributed by atoms with Crippen LogP contribution in [0.2, 0.25) is 0 Å². The quantitative estimate of drug-likeness (QED) is 0.870. The van der Waals surface area contributed by atoms with E-state index in [1.54, 1.807) is 4.68 Å². The van der Waals surface area contributed by atoms with Crippen LogP contribution in [0.1, 0.15) is 30.3 Å². The molecule has 1 atom stereocenters. The van der Waals surface area contributed by atoms with E-state index in [-0.39, 0.29) is 6.04 Å². The molecule has 3 heterocycles. The number of rotatable bonds is 4. The number of imidazole rings is 1. The molecule has 1 fully saturated rings. The Morgan fingerprint density at radius 2 is 2.18 bits per heavy atom. The van der Waals surface area contributed by atoms with Gasteiger partial charge >= 0.3 is 6.18 Å². The molecule has 3 rings (SSSR count). The fourth-order valence-electron chi connectivity index (χ4n) is 3.02. The molecule has 22 heavy (non-hydrogen) atoms. The Morgan fingerprint density at radius 3 is 2.86 bits per heavy atom. The van der Waals surface area contributed by atoms with Gasteiger partial charge in [-0.15, -0.1) is 0 Å². The highest BCUT2D eigenvalue weighted by atomic mass is 19.4. The van der Waals surface area contributed by atoms with Crippen LogP contribution in [0, 0.1) is 0 Å². The maximum atomic E-state index is 12.6. The Balaban J connectivity index is 1.74. The average molecular weight is 313 g/mol. The molecule has 0 unspecified atom stereocenters. The minimum Gasteiger partial charge on any atom is -0.325 e. The molecule has 0 aromatic carbocycles. The number of alkyl halides is 3. The predicted octanol–water partition coefficient (Wildman–Crippen LogP) is 2.52. The second-order valence-electron chi connectivity index (χ2n) is 5.66. The van der Waals surface area contributed by atoms with Crippen molar-refractivity contribution in [3.8, 4) is 0 Å². The molecular formula is C14H18F3N5. The molecule has 1 aliphatic heterocycles. The summed E-state index contributed by atoms with van der Waals surface area (Å²) >= 11 is 0. The van der Waals surface area contributed by atoms with Crippen LogP contribution in [0.4, 0.5) is 13.2 Å². The summed E-state index contributed by atoms with van der Waals surface area (Å²) in [5, 5.41) is 4.18. The van der Waals surface area contributed by atoms with Gasteiger partial charge in [-0.25, -0.2) is 4.98 Å². The Morgan fingerprint density at radius 1 is 1.36 bits per heavy atom. The molecule has 2 aromatic rings. The largest absolute Gasteiger partial charge is 0.406 e. The third-order valence-electron chi connectivity index (χ3n) is 3.97. The first kappa shape index (κ1) is 15.1. The summed E-state index contributed by atoms with van der Waals surface area (Å²) < 4.78 is 40.7. The van der Waals surface area contributed by atoms with Gasteiger partial charge in [0.25, 0.3) is 0 Å². The summed E-state index contributed by atoms with van der Waals surface area (Å²) in [5.74, 6) is 0.452. The van der Waals surface area contributed by atoms with Crippen molar-refractivity contribution in [2.24, 2.45) is 7.05 Å². The van der Waals surface area contributed by atoms with Crippen molar-refractivity contribution in [1.82, 2.24) is 24.2 Å². The van der Waals surface area contributed by atoms with Crippen molar-refractivity contribution in [3.63, 3.8) is 0 Å². The van der Waals surface area contributed by atoms with Crippen LogP contribution in [0.5, 0.6) is 0 Å². The SMILES string of the molecule is Cn1cc([C@@H]2CCCN2Cc2nccn2CC(F)(F)F)cn1. The predicted molar refractivity (Wildman–Crippen MR) is 73.9 cm³/mol. The normalized spacial score (nSPS) is 19.9. The van der Waals surface area contributed by atoms with E-state index in [0.717, 1.165) is 24.9 Å². The van der Waals surface area contributed by atoms with Gasteiger partial charge in [-0.2, -0.15) is 18.3 Å². The molecular weight excluding hydrogens is 295 g/mol. The van der Waals surface area contributed by atoms with Crippen molar-refractivity contribution in [2.75, 3.05) is 6.54 Å². The molecule has 0 radical (unpaired) electrons. The van der Waals surface area contributed by atoms with Gasteiger partial charge in [-0.3, -0.25) is 9.58 Å². The number of hydrogen-bond donors (Lipinski definition) is 0. The Bertz CT molecular complexity index is 630. The summed E-state index contributed by atoms with van der Waals surface area (Å²) in [6.07, 6.45) is 4.39. The molecule has 0 N–H and O–H groups in total. The van der Waals surface area contributed by atoms with Gasteiger partial charge in [0.2, 0.25) is 0 Å². The maximum Gasteiger partial charge on any atom is 0.406 e. The Kier molecular flexibility index (Phi) is 3.94. The smallest absolute Gasteiger partial charge is 0.325 e. The highest BCUT2D eigenvalue weighted by Crippen LogP contribution is 2.32. The van der Waals surface area contributed by atoms with E-state index in [9.17, 15) is 13.2 Å². The molecule has 0 aliphatic carbocycles. The van der Waals surface area contributed by atoms with Gasteiger partial charge in [0, 0.05) is 37.2 Å². The van der Waals surface area contributed by atoms with Crippen LogP contribution in [0.15, 0.2) is 24.8 Å². The molecule has 0 bridgehead atoms. The third-order valence-corrected chi connectivity index (χ3v) is 3.97. The van der Waals surface area contributed by atoms with Gasteiger partial charge in [0.05, 0.1) is 12.7 Å². The minimum atomic E-state index is -4.23. The lowest BCUT2D eigenvalue weighted by Crippen LogP contribution is -2.26. The van der Waals surface area contributed by atoms with Crippen LogP contribution in [0.3, 0.4) is 0 Å². The molecule has 0 amide bonds. The molecule has 2 aromatic heterocycles. The summed E-state index contributed by atoms with van der Waals surface area (Å²) in [6, 6.07) is 0.199. The van der Waals surface area contributed by atoms with Crippen molar-refractivity contribution < 1.29 is 13.2 Å². The molecule has 1 aliphatic rings. The summed E-state index contributed by atoms with van der Waals surface area (Å²) in [6.45, 7) is 0.287. The molecule has 0 saturated carbocycles. The number of likely N-dealkylation sites (tertiary alicyclic amines) is 1. The van der Waals surface area contributed by atoms with Crippen LogP contribution in [0.25, 0.3) is 0 Å². The highest BCUT2D eigenvalue weighted by Gasteiger charge is 2.31. The van der Waals surface area contributed by atoms with E-state index in [0.29, 0.717) is 12.4 Å². The number of nitrogens with zero attached hydrogens (tertiary/aromatic N) is 5. The van der Waals surface area contributed by atoms with Crippen LogP contribution in [-0.2, 0) is 20.1 Å². The van der Waals surface area contributed by atoms with Crippen molar-refractivity contribution >= 4 is 0 Å². The van der Waals surface area contributed by atoms with Crippen molar-refractivity contribution in [1.29, 1.82) is 0 Å². The second-order valence-corrected chi connectivity index (χ2v) is 5.66. The van der Waals surface area contributed by atoms with Crippen LogP contribution >= 0.6 is 0 Å². The zero-order chi connectivity index (χ0) is 15.7. The van der Waals surface area contributed by atoms with E-state index >= 15 is 0 Å². The fourth-order valence-corrected chi connectivity index (χ4v) is 3.02. The highest BCUT2D eigenvalue weighted by molar-refractivity contribution is 5.12. The van der Waals surface area contributed by atoms with E-state index in [1.807, 2.05) is 19.4 Å². The lowest BCUT2D eigenvalue weighted by Gasteiger charge is -2.23. The average Bonchev–Trinajstić information content (AvgIpc) is 3.11. The topological polar surface area (TPSA) is 38.9 Å². The van der Waals surface area contributed by atoms with Gasteiger partial charge in [-0.05, 0) is 19.4 Å². The third kappa shape index (κ3) is 3.32. The summed E-state index contributed by atoms with van der Waals surface area (Å²) in [7, 11) is 1.86. The van der Waals surface area contributed by atoms with Gasteiger partial charge in [0.15, 0.2) is 0 Å². The Hall–Kier alpha value is -1.83. The van der Waals surface area contributed by atoms with E-state index < -0.39 is 12.7 Å². The summed E-state index contributed by atoms with van der Waals surface area (Å²) in [4.78, 5) is 6.27. The number of aryl methyl sites for hydroxylation is 1. The first-order chi connectivity index (χ1) is 10.4. The molecule has 0 spiro atoms. The van der Waals surface area contributed by atoms with E-state index in [2.05, 4.69) is 15.0 Å². The zero-order valence-corrected chi connectivity index (χ0v) is 12.3. The van der Waals surface area contributed by atoms with E-state index in [4.69, 9.17) is 0 Å². The number of aromatic nitrogens is 4.